The molecule has 0 saturated heterocycles. The summed E-state index contributed by atoms with van der Waals surface area (Å²) in [6, 6.07) is 13.2. The predicted molar refractivity (Wildman–Crippen MR) is 59.2 cm³/mol. The summed E-state index contributed by atoms with van der Waals surface area (Å²) in [6.45, 7) is 0. The molecule has 0 fully saturated rings. The molecule has 0 aliphatic carbocycles. The van der Waals surface area contributed by atoms with E-state index >= 15 is 0 Å². The van der Waals surface area contributed by atoms with Crippen molar-refractivity contribution in [3.8, 4) is 0 Å². The Hall–Kier alpha value is -1.26. The fourth-order valence-electron chi connectivity index (χ4n) is 1.09. The van der Waals surface area contributed by atoms with Gasteiger partial charge in [-0.25, -0.2) is 0 Å². The second-order valence-corrected chi connectivity index (χ2v) is 5.28. The maximum atomic E-state index is 10.6. The molecule has 2 rings (SSSR count). The van der Waals surface area contributed by atoms with Crippen LogP contribution in [0.25, 0.3) is 0 Å². The molecule has 0 radical (unpaired) electrons. The average Bonchev–Trinajstić information content (AvgIpc) is 2.68. The molecule has 0 spiro atoms. The minimum atomic E-state index is -1.11. The van der Waals surface area contributed by atoms with E-state index in [1.165, 1.54) is 11.3 Å². The molecule has 2 aromatic rings. The second kappa shape index (κ2) is 4.51. The van der Waals surface area contributed by atoms with Gasteiger partial charge in [0, 0.05) is 4.90 Å². The number of carbonyl (C=O) groups excluding carboxylic acids is 1. The van der Waals surface area contributed by atoms with Gasteiger partial charge in [0.25, 0.3) is 0 Å². The van der Waals surface area contributed by atoms with Crippen LogP contribution in [0.2, 0.25) is 0 Å². The van der Waals surface area contributed by atoms with E-state index in [2.05, 4.69) is 0 Å². The van der Waals surface area contributed by atoms with Crippen molar-refractivity contribution >= 4 is 29.1 Å². The first kappa shape index (κ1) is 10.3. The number of carboxylic acids is 1. The maximum Gasteiger partial charge on any atom is 0.0815 e. The number of carboxylic acid groups (broad SMARTS) is 1. The van der Waals surface area contributed by atoms with Crippen LogP contribution in [0.3, 0.4) is 0 Å². The van der Waals surface area contributed by atoms with Crippen molar-refractivity contribution in [1.29, 1.82) is 0 Å². The van der Waals surface area contributed by atoms with E-state index in [1.807, 2.05) is 30.3 Å². The normalized spacial score (nSPS) is 10.1. The lowest BCUT2D eigenvalue weighted by molar-refractivity contribution is -0.254. The lowest BCUT2D eigenvalue weighted by Crippen LogP contribution is -2.20. The van der Waals surface area contributed by atoms with Gasteiger partial charge in [0.2, 0.25) is 0 Å². The van der Waals surface area contributed by atoms with Crippen molar-refractivity contribution in [2.45, 2.75) is 9.10 Å². The lowest BCUT2D eigenvalue weighted by Gasteiger charge is -1.97. The molecule has 4 heteroatoms. The van der Waals surface area contributed by atoms with Crippen molar-refractivity contribution < 1.29 is 9.90 Å². The van der Waals surface area contributed by atoms with Crippen LogP contribution in [-0.2, 0) is 0 Å². The molecule has 1 aromatic carbocycles. The van der Waals surface area contributed by atoms with E-state index in [4.69, 9.17) is 0 Å². The summed E-state index contributed by atoms with van der Waals surface area (Å²) in [5.41, 5.74) is 0. The van der Waals surface area contributed by atoms with Gasteiger partial charge < -0.3 is 9.90 Å². The third kappa shape index (κ3) is 2.61. The molecular weight excluding hydrogens is 228 g/mol. The van der Waals surface area contributed by atoms with Gasteiger partial charge in [-0.15, -0.1) is 11.3 Å². The van der Waals surface area contributed by atoms with E-state index in [-0.39, 0.29) is 4.88 Å². The Balaban J connectivity index is 2.15. The Bertz CT molecular complexity index is 462. The van der Waals surface area contributed by atoms with E-state index < -0.39 is 5.97 Å². The van der Waals surface area contributed by atoms with Gasteiger partial charge in [0.15, 0.2) is 0 Å². The molecule has 0 N–H and O–H groups in total. The zero-order chi connectivity index (χ0) is 10.7. The summed E-state index contributed by atoms with van der Waals surface area (Å²) in [5.74, 6) is -1.11. The number of hydrogen-bond donors (Lipinski definition) is 0. The molecule has 1 heterocycles. The first-order valence-corrected chi connectivity index (χ1v) is 5.93. The smallest absolute Gasteiger partial charge is 0.0815 e. The van der Waals surface area contributed by atoms with Crippen LogP contribution in [0.1, 0.15) is 9.67 Å². The summed E-state index contributed by atoms with van der Waals surface area (Å²) in [4.78, 5) is 11.9. The fraction of sp³-hybridized carbons (Fsp3) is 0. The molecule has 0 unspecified atom stereocenters. The number of hydrogen-bond acceptors (Lipinski definition) is 4. The summed E-state index contributed by atoms with van der Waals surface area (Å²) in [6.07, 6.45) is 0. The van der Waals surface area contributed by atoms with Gasteiger partial charge >= 0.3 is 0 Å². The molecular formula is C11H7O2S2-. The lowest BCUT2D eigenvalue weighted by atomic mass is 10.4. The van der Waals surface area contributed by atoms with Crippen LogP contribution in [0.5, 0.6) is 0 Å². The molecule has 0 atom stereocenters. The molecule has 15 heavy (non-hydrogen) atoms. The largest absolute Gasteiger partial charge is 0.544 e. The first-order chi connectivity index (χ1) is 7.25. The molecule has 0 amide bonds. The number of rotatable bonds is 3. The quantitative estimate of drug-likeness (QED) is 0.819. The van der Waals surface area contributed by atoms with Crippen LogP contribution >= 0.6 is 23.1 Å². The predicted octanol–water partition coefficient (Wildman–Crippen LogP) is 2.26. The molecule has 1 aromatic heterocycles. The van der Waals surface area contributed by atoms with Crippen LogP contribution in [-0.4, -0.2) is 5.97 Å². The standard InChI is InChI=1S/C11H8O2S2/c12-11(13)9-6-7-10(15-9)14-8-4-2-1-3-5-8/h1-7H,(H,12,13)/p-1. The highest BCUT2D eigenvalue weighted by molar-refractivity contribution is 8.01. The van der Waals surface area contributed by atoms with Gasteiger partial charge in [-0.05, 0) is 24.3 Å². The van der Waals surface area contributed by atoms with Crippen molar-refractivity contribution in [3.63, 3.8) is 0 Å². The van der Waals surface area contributed by atoms with Crippen LogP contribution < -0.4 is 5.11 Å². The van der Waals surface area contributed by atoms with Gasteiger partial charge in [-0.1, -0.05) is 30.0 Å². The van der Waals surface area contributed by atoms with Crippen molar-refractivity contribution in [2.24, 2.45) is 0 Å². The molecule has 0 aliphatic rings. The van der Waals surface area contributed by atoms with E-state index in [0.29, 0.717) is 0 Å². The Morgan fingerprint density at radius 3 is 2.47 bits per heavy atom. The molecule has 0 bridgehead atoms. The summed E-state index contributed by atoms with van der Waals surface area (Å²) < 4.78 is 0.959. The van der Waals surface area contributed by atoms with Gasteiger partial charge in [0.05, 0.1) is 15.1 Å². The third-order valence-corrected chi connectivity index (χ3v) is 3.95. The van der Waals surface area contributed by atoms with Gasteiger partial charge in [-0.2, -0.15) is 0 Å². The second-order valence-electron chi connectivity index (χ2n) is 2.82. The van der Waals surface area contributed by atoms with Crippen molar-refractivity contribution in [2.75, 3.05) is 0 Å². The summed E-state index contributed by atoms with van der Waals surface area (Å²) in [5, 5.41) is 10.6. The van der Waals surface area contributed by atoms with Crippen molar-refractivity contribution in [3.05, 3.63) is 47.3 Å². The van der Waals surface area contributed by atoms with Crippen LogP contribution in [0.4, 0.5) is 0 Å². The van der Waals surface area contributed by atoms with E-state index in [0.717, 1.165) is 9.10 Å². The Kier molecular flexibility index (Phi) is 3.08. The number of benzene rings is 1. The number of carbonyl (C=O) groups is 1. The number of thiophene rings is 1. The van der Waals surface area contributed by atoms with E-state index in [1.54, 1.807) is 23.9 Å². The molecule has 0 saturated carbocycles. The maximum absolute atomic E-state index is 10.6. The minimum absolute atomic E-state index is 0.272. The highest BCUT2D eigenvalue weighted by Crippen LogP contribution is 2.32. The highest BCUT2D eigenvalue weighted by Gasteiger charge is 2.02. The molecule has 76 valence electrons. The molecule has 0 aliphatic heterocycles. The van der Waals surface area contributed by atoms with E-state index in [9.17, 15) is 9.90 Å². The van der Waals surface area contributed by atoms with Crippen LogP contribution in [0.15, 0.2) is 51.6 Å². The van der Waals surface area contributed by atoms with Crippen molar-refractivity contribution in [1.82, 2.24) is 0 Å². The first-order valence-electron chi connectivity index (χ1n) is 4.30. The Morgan fingerprint density at radius 2 is 1.87 bits per heavy atom. The Morgan fingerprint density at radius 1 is 1.13 bits per heavy atom. The fourth-order valence-corrected chi connectivity index (χ4v) is 3.05. The average molecular weight is 235 g/mol. The van der Waals surface area contributed by atoms with Gasteiger partial charge in [0.1, 0.15) is 0 Å². The monoisotopic (exact) mass is 235 g/mol. The molecule has 2 nitrogen and oxygen atoms in total. The van der Waals surface area contributed by atoms with Crippen LogP contribution in [0, 0.1) is 0 Å². The summed E-state index contributed by atoms with van der Waals surface area (Å²) in [7, 11) is 0. The Labute approximate surface area is 95.6 Å². The zero-order valence-corrected chi connectivity index (χ0v) is 9.31. The minimum Gasteiger partial charge on any atom is -0.544 e. The number of aromatic carboxylic acids is 1. The van der Waals surface area contributed by atoms with Gasteiger partial charge in [-0.3, -0.25) is 0 Å². The SMILES string of the molecule is O=C([O-])c1ccc(Sc2ccccc2)s1. The zero-order valence-electron chi connectivity index (χ0n) is 7.67. The highest BCUT2D eigenvalue weighted by atomic mass is 32.2. The summed E-state index contributed by atoms with van der Waals surface area (Å²) >= 11 is 2.79. The third-order valence-electron chi connectivity index (χ3n) is 1.74. The topological polar surface area (TPSA) is 40.1 Å².